The van der Waals surface area contributed by atoms with Gasteiger partial charge >= 0.3 is 0 Å². The molecule has 0 saturated carbocycles. The van der Waals surface area contributed by atoms with Gasteiger partial charge in [-0.2, -0.15) is 0 Å². The molecule has 4 nitrogen and oxygen atoms in total. The van der Waals surface area contributed by atoms with E-state index in [0.29, 0.717) is 6.54 Å². The second-order valence-corrected chi connectivity index (χ2v) is 6.05. The lowest BCUT2D eigenvalue weighted by molar-refractivity contribution is -0.143. The van der Waals surface area contributed by atoms with Crippen molar-refractivity contribution in [2.45, 2.75) is 13.0 Å². The third-order valence-electron chi connectivity index (χ3n) is 4.58. The largest absolute Gasteiger partial charge is 0.381 e. The third-order valence-corrected chi connectivity index (χ3v) is 4.58. The Morgan fingerprint density at radius 2 is 2.10 bits per heavy atom. The van der Waals surface area contributed by atoms with Crippen LogP contribution in [0.2, 0.25) is 0 Å². The molecule has 0 N–H and O–H groups in total. The van der Waals surface area contributed by atoms with Crippen LogP contribution in [0.25, 0.3) is 10.9 Å². The van der Waals surface area contributed by atoms with Crippen LogP contribution in [0.3, 0.4) is 0 Å². The zero-order valence-corrected chi connectivity index (χ0v) is 11.4. The van der Waals surface area contributed by atoms with Crippen LogP contribution in [-0.4, -0.2) is 41.7 Å². The number of fused-ring (bicyclic) bond motifs is 1. The molecule has 3 heterocycles. The number of likely N-dealkylation sites (tertiary alicyclic amines) is 1. The minimum Gasteiger partial charge on any atom is -0.381 e. The van der Waals surface area contributed by atoms with Crippen LogP contribution < -0.4 is 0 Å². The monoisotopic (exact) mass is 270 g/mol. The van der Waals surface area contributed by atoms with Gasteiger partial charge in [-0.15, -0.1) is 0 Å². The summed E-state index contributed by atoms with van der Waals surface area (Å²) in [5.41, 5.74) is 1.40. The van der Waals surface area contributed by atoms with Crippen molar-refractivity contribution in [2.75, 3.05) is 26.3 Å². The summed E-state index contributed by atoms with van der Waals surface area (Å²) < 4.78 is 7.49. The van der Waals surface area contributed by atoms with Gasteiger partial charge in [-0.3, -0.25) is 4.79 Å². The highest BCUT2D eigenvalue weighted by Crippen LogP contribution is 2.38. The smallest absolute Gasteiger partial charge is 0.242 e. The molecule has 2 saturated heterocycles. The molecular weight excluding hydrogens is 252 g/mol. The summed E-state index contributed by atoms with van der Waals surface area (Å²) in [6.45, 7) is 3.84. The first-order valence-corrected chi connectivity index (χ1v) is 7.15. The number of carbonyl (C=O) groups is 1. The first-order valence-electron chi connectivity index (χ1n) is 7.15. The maximum atomic E-state index is 12.3. The topological polar surface area (TPSA) is 34.5 Å². The minimum atomic E-state index is 0.212. The standard InChI is InChI=1S/C16H18N2O2/c19-15(18-10-16(11-18)6-8-20-12-16)9-17-7-5-13-3-1-2-4-14(13)17/h1-5,7H,6,8-12H2. The van der Waals surface area contributed by atoms with Gasteiger partial charge in [-0.1, -0.05) is 18.2 Å². The highest BCUT2D eigenvalue weighted by Gasteiger charge is 2.47. The molecule has 2 aromatic rings. The first-order chi connectivity index (χ1) is 9.76. The van der Waals surface area contributed by atoms with Crippen molar-refractivity contribution in [3.8, 4) is 0 Å². The van der Waals surface area contributed by atoms with E-state index in [1.165, 1.54) is 5.39 Å². The molecule has 1 aromatic heterocycles. The molecule has 0 atom stereocenters. The number of nitrogens with zero attached hydrogens (tertiary/aromatic N) is 2. The van der Waals surface area contributed by atoms with Crippen molar-refractivity contribution in [2.24, 2.45) is 5.41 Å². The average molecular weight is 270 g/mol. The van der Waals surface area contributed by atoms with E-state index in [-0.39, 0.29) is 11.3 Å². The maximum absolute atomic E-state index is 12.3. The predicted octanol–water partition coefficient (Wildman–Crippen LogP) is 1.89. The molecule has 20 heavy (non-hydrogen) atoms. The molecule has 2 fully saturated rings. The molecule has 2 aliphatic heterocycles. The van der Waals surface area contributed by atoms with Gasteiger partial charge in [-0.25, -0.2) is 0 Å². The van der Waals surface area contributed by atoms with Crippen LogP contribution in [0, 0.1) is 5.41 Å². The average Bonchev–Trinajstić information content (AvgIpc) is 3.04. The van der Waals surface area contributed by atoms with Gasteiger partial charge in [0.25, 0.3) is 0 Å². The van der Waals surface area contributed by atoms with E-state index in [1.807, 2.05) is 27.8 Å². The van der Waals surface area contributed by atoms with E-state index in [4.69, 9.17) is 4.74 Å². The summed E-state index contributed by atoms with van der Waals surface area (Å²) >= 11 is 0. The van der Waals surface area contributed by atoms with E-state index in [1.54, 1.807) is 0 Å². The number of benzene rings is 1. The van der Waals surface area contributed by atoms with Crippen molar-refractivity contribution in [3.05, 3.63) is 36.5 Å². The lowest BCUT2D eigenvalue weighted by Gasteiger charge is -2.47. The molecule has 2 aliphatic rings. The van der Waals surface area contributed by atoms with Crippen molar-refractivity contribution in [3.63, 3.8) is 0 Å². The number of hydrogen-bond donors (Lipinski definition) is 0. The van der Waals surface area contributed by atoms with Crippen molar-refractivity contribution >= 4 is 16.8 Å². The van der Waals surface area contributed by atoms with E-state index in [2.05, 4.69) is 18.2 Å². The molecule has 4 rings (SSSR count). The number of ether oxygens (including phenoxy) is 1. The predicted molar refractivity (Wildman–Crippen MR) is 76.4 cm³/mol. The summed E-state index contributed by atoms with van der Waals surface area (Å²) in [5, 5.41) is 1.18. The Hall–Kier alpha value is -1.81. The van der Waals surface area contributed by atoms with Gasteiger partial charge in [0, 0.05) is 36.8 Å². The molecule has 1 aromatic carbocycles. The summed E-state index contributed by atoms with van der Waals surface area (Å²) in [6, 6.07) is 10.2. The number of hydrogen-bond acceptors (Lipinski definition) is 2. The maximum Gasteiger partial charge on any atom is 0.242 e. The van der Waals surface area contributed by atoms with Crippen LogP contribution in [0.5, 0.6) is 0 Å². The SMILES string of the molecule is O=C(Cn1ccc2ccccc21)N1CC2(CCOC2)C1. The number of aromatic nitrogens is 1. The molecule has 0 unspecified atom stereocenters. The Morgan fingerprint density at radius 3 is 2.90 bits per heavy atom. The molecular formula is C16H18N2O2. The summed E-state index contributed by atoms with van der Waals surface area (Å²) in [6.07, 6.45) is 3.10. The fourth-order valence-electron chi connectivity index (χ4n) is 3.36. The number of para-hydroxylation sites is 1. The van der Waals surface area contributed by atoms with E-state index in [9.17, 15) is 4.79 Å². The zero-order valence-electron chi connectivity index (χ0n) is 11.4. The Balaban J connectivity index is 1.46. The molecule has 0 bridgehead atoms. The normalized spacial score (nSPS) is 20.5. The van der Waals surface area contributed by atoms with Gasteiger partial charge in [0.1, 0.15) is 6.54 Å². The molecule has 4 heteroatoms. The van der Waals surface area contributed by atoms with Gasteiger partial charge < -0.3 is 14.2 Å². The first kappa shape index (κ1) is 12.0. The highest BCUT2D eigenvalue weighted by molar-refractivity contribution is 5.83. The number of carbonyl (C=O) groups excluding carboxylic acids is 1. The van der Waals surface area contributed by atoms with Crippen molar-refractivity contribution < 1.29 is 9.53 Å². The molecule has 1 spiro atoms. The van der Waals surface area contributed by atoms with Crippen LogP contribution in [0.4, 0.5) is 0 Å². The third kappa shape index (κ3) is 1.83. The number of rotatable bonds is 2. The summed E-state index contributed by atoms with van der Waals surface area (Å²) in [5.74, 6) is 0.212. The highest BCUT2D eigenvalue weighted by atomic mass is 16.5. The fourth-order valence-corrected chi connectivity index (χ4v) is 3.36. The Labute approximate surface area is 117 Å². The molecule has 104 valence electrons. The van der Waals surface area contributed by atoms with Gasteiger partial charge in [-0.05, 0) is 23.9 Å². The van der Waals surface area contributed by atoms with E-state index >= 15 is 0 Å². The van der Waals surface area contributed by atoms with Gasteiger partial charge in [0.15, 0.2) is 0 Å². The van der Waals surface area contributed by atoms with Gasteiger partial charge in [0.2, 0.25) is 5.91 Å². The zero-order chi connectivity index (χ0) is 13.6. The lowest BCUT2D eigenvalue weighted by atomic mass is 9.79. The second-order valence-electron chi connectivity index (χ2n) is 6.05. The van der Waals surface area contributed by atoms with Crippen LogP contribution >= 0.6 is 0 Å². The second kappa shape index (κ2) is 4.35. The molecule has 1 amide bonds. The van der Waals surface area contributed by atoms with Crippen LogP contribution in [0.15, 0.2) is 36.5 Å². The molecule has 0 radical (unpaired) electrons. The Kier molecular flexibility index (Phi) is 2.60. The Morgan fingerprint density at radius 1 is 1.25 bits per heavy atom. The number of amides is 1. The van der Waals surface area contributed by atoms with E-state index < -0.39 is 0 Å². The lowest BCUT2D eigenvalue weighted by Crippen LogP contribution is -2.59. The van der Waals surface area contributed by atoms with Crippen LogP contribution in [-0.2, 0) is 16.1 Å². The quantitative estimate of drug-likeness (QED) is 0.835. The van der Waals surface area contributed by atoms with E-state index in [0.717, 1.165) is 38.2 Å². The fraction of sp³-hybridized carbons (Fsp3) is 0.438. The Bertz CT molecular complexity index is 647. The van der Waals surface area contributed by atoms with Gasteiger partial charge in [0.05, 0.1) is 6.61 Å². The van der Waals surface area contributed by atoms with Crippen LogP contribution in [0.1, 0.15) is 6.42 Å². The molecule has 0 aliphatic carbocycles. The summed E-state index contributed by atoms with van der Waals surface area (Å²) in [4.78, 5) is 14.3. The van der Waals surface area contributed by atoms with Crippen molar-refractivity contribution in [1.29, 1.82) is 0 Å². The van der Waals surface area contributed by atoms with Crippen molar-refractivity contribution in [1.82, 2.24) is 9.47 Å². The summed E-state index contributed by atoms with van der Waals surface area (Å²) in [7, 11) is 0. The minimum absolute atomic E-state index is 0.212.